The molecule has 0 heterocycles. The number of nitrogens with one attached hydrogen (secondary N) is 2. The Morgan fingerprint density at radius 1 is 1.21 bits per heavy atom. The van der Waals surface area contributed by atoms with Gasteiger partial charge in [0, 0.05) is 26.6 Å². The van der Waals surface area contributed by atoms with Gasteiger partial charge in [0.2, 0.25) is 11.8 Å². The quantitative estimate of drug-likeness (QED) is 0.311. The number of carboxylic acid groups (broad SMARTS) is 1. The van der Waals surface area contributed by atoms with E-state index in [0.717, 1.165) is 25.7 Å². The van der Waals surface area contributed by atoms with Gasteiger partial charge in [-0.05, 0) is 25.7 Å². The van der Waals surface area contributed by atoms with Crippen LogP contribution >= 0.6 is 0 Å². The van der Waals surface area contributed by atoms with Crippen LogP contribution in [0.2, 0.25) is 0 Å². The number of carbonyl (C=O) groups excluding carboxylic acids is 3. The Hall–Kier alpha value is -2.16. The number of amides is 3. The van der Waals surface area contributed by atoms with Gasteiger partial charge in [-0.15, -0.1) is 0 Å². The highest BCUT2D eigenvalue weighted by Gasteiger charge is 2.27. The molecule has 1 rings (SSSR count). The van der Waals surface area contributed by atoms with Gasteiger partial charge in [-0.3, -0.25) is 9.59 Å². The molecule has 1 aliphatic carbocycles. The third-order valence-corrected chi connectivity index (χ3v) is 5.27. The molecule has 0 aromatic heterocycles. The Labute approximate surface area is 172 Å². The van der Waals surface area contributed by atoms with E-state index >= 15 is 0 Å². The molecule has 1 saturated carbocycles. The molecule has 0 bridgehead atoms. The zero-order valence-corrected chi connectivity index (χ0v) is 17.5. The van der Waals surface area contributed by atoms with Gasteiger partial charge in [0.15, 0.2) is 0 Å². The Morgan fingerprint density at radius 3 is 2.48 bits per heavy atom. The summed E-state index contributed by atoms with van der Waals surface area (Å²) in [6, 6.07) is -1.74. The van der Waals surface area contributed by atoms with Crippen molar-refractivity contribution < 1.29 is 29.0 Å². The average Bonchev–Trinajstić information content (AvgIpc) is 2.70. The zero-order valence-electron chi connectivity index (χ0n) is 17.5. The fourth-order valence-corrected chi connectivity index (χ4v) is 3.53. The van der Waals surface area contributed by atoms with Crippen molar-refractivity contribution in [3.63, 3.8) is 0 Å². The molecule has 3 amide bonds. The number of likely N-dealkylation sites (N-methyl/N-ethyl adjacent to an activating group) is 1. The molecule has 0 radical (unpaired) electrons. The fraction of sp³-hybridized carbons (Fsp3) is 0.800. The van der Waals surface area contributed by atoms with Crippen LogP contribution in [0, 0.1) is 5.92 Å². The third kappa shape index (κ3) is 10.3. The standard InChI is InChI=1S/C20H35N3O6/c1-3-29-12-11-23(2)18(25)10-9-16(14-24)21-19(26)17(22-20(27)28)13-15-7-5-4-6-8-15/h14-17,22H,3-13H2,1-2H3,(H,21,26)(H,27,28). The first-order valence-corrected chi connectivity index (χ1v) is 10.4. The molecule has 0 aromatic carbocycles. The van der Waals surface area contributed by atoms with Gasteiger partial charge in [0.1, 0.15) is 12.3 Å². The van der Waals surface area contributed by atoms with Crippen molar-refractivity contribution in [1.29, 1.82) is 0 Å². The third-order valence-electron chi connectivity index (χ3n) is 5.27. The summed E-state index contributed by atoms with van der Waals surface area (Å²) in [4.78, 5) is 48.7. The first kappa shape index (κ1) is 24.9. The lowest BCUT2D eigenvalue weighted by Gasteiger charge is -2.26. The van der Waals surface area contributed by atoms with Crippen LogP contribution in [-0.2, 0) is 19.1 Å². The predicted molar refractivity (Wildman–Crippen MR) is 107 cm³/mol. The van der Waals surface area contributed by atoms with Gasteiger partial charge in [0.25, 0.3) is 0 Å². The van der Waals surface area contributed by atoms with Crippen molar-refractivity contribution in [2.24, 2.45) is 5.92 Å². The van der Waals surface area contributed by atoms with Gasteiger partial charge in [-0.1, -0.05) is 32.1 Å². The van der Waals surface area contributed by atoms with Crippen molar-refractivity contribution in [3.05, 3.63) is 0 Å². The van der Waals surface area contributed by atoms with E-state index in [2.05, 4.69) is 10.6 Å². The van der Waals surface area contributed by atoms with Crippen LogP contribution in [0.15, 0.2) is 0 Å². The lowest BCUT2D eigenvalue weighted by atomic mass is 9.84. The van der Waals surface area contributed by atoms with E-state index < -0.39 is 24.1 Å². The van der Waals surface area contributed by atoms with E-state index in [1.807, 2.05) is 6.92 Å². The van der Waals surface area contributed by atoms with Crippen LogP contribution in [0.5, 0.6) is 0 Å². The van der Waals surface area contributed by atoms with Gasteiger partial charge < -0.3 is 30.2 Å². The maximum atomic E-state index is 12.6. The number of nitrogens with zero attached hydrogens (tertiary/aromatic N) is 1. The highest BCUT2D eigenvalue weighted by molar-refractivity contribution is 5.87. The number of ether oxygens (including phenoxy) is 1. The van der Waals surface area contributed by atoms with Crippen molar-refractivity contribution in [2.45, 2.75) is 70.4 Å². The van der Waals surface area contributed by atoms with E-state index in [9.17, 15) is 19.2 Å². The Balaban J connectivity index is 2.52. The minimum Gasteiger partial charge on any atom is -0.465 e. The fourth-order valence-electron chi connectivity index (χ4n) is 3.53. The number of aldehydes is 1. The largest absolute Gasteiger partial charge is 0.465 e. The molecule has 9 nitrogen and oxygen atoms in total. The molecule has 0 saturated heterocycles. The maximum Gasteiger partial charge on any atom is 0.405 e. The predicted octanol–water partition coefficient (Wildman–Crippen LogP) is 1.55. The van der Waals surface area contributed by atoms with Crippen molar-refractivity contribution in [3.8, 4) is 0 Å². The molecule has 0 spiro atoms. The molecule has 2 atom stereocenters. The van der Waals surface area contributed by atoms with E-state index in [4.69, 9.17) is 9.84 Å². The number of hydrogen-bond donors (Lipinski definition) is 3. The zero-order chi connectivity index (χ0) is 21.6. The molecule has 29 heavy (non-hydrogen) atoms. The lowest BCUT2D eigenvalue weighted by Crippen LogP contribution is -2.50. The second-order valence-corrected chi connectivity index (χ2v) is 7.54. The summed E-state index contributed by atoms with van der Waals surface area (Å²) in [7, 11) is 1.66. The molecule has 1 fully saturated rings. The summed E-state index contributed by atoms with van der Waals surface area (Å²) in [6.07, 6.45) is 5.30. The average molecular weight is 414 g/mol. The topological polar surface area (TPSA) is 125 Å². The maximum absolute atomic E-state index is 12.6. The number of rotatable bonds is 13. The van der Waals surface area contributed by atoms with E-state index in [1.165, 1.54) is 11.3 Å². The first-order valence-electron chi connectivity index (χ1n) is 10.4. The van der Waals surface area contributed by atoms with Gasteiger partial charge in [0.05, 0.1) is 12.6 Å². The normalized spacial score (nSPS) is 16.5. The molecule has 9 heteroatoms. The van der Waals surface area contributed by atoms with Crippen molar-refractivity contribution in [1.82, 2.24) is 15.5 Å². The van der Waals surface area contributed by atoms with Crippen molar-refractivity contribution >= 4 is 24.2 Å². The smallest absolute Gasteiger partial charge is 0.405 e. The Morgan fingerprint density at radius 2 is 1.90 bits per heavy atom. The Kier molecular flexibility index (Phi) is 11.9. The van der Waals surface area contributed by atoms with Crippen LogP contribution in [0.25, 0.3) is 0 Å². The molecule has 1 aliphatic rings. The first-order chi connectivity index (χ1) is 13.9. The highest BCUT2D eigenvalue weighted by Crippen LogP contribution is 2.27. The van der Waals surface area contributed by atoms with Crippen LogP contribution in [0.4, 0.5) is 4.79 Å². The van der Waals surface area contributed by atoms with E-state index in [-0.39, 0.29) is 18.7 Å². The van der Waals surface area contributed by atoms with Gasteiger partial charge in [-0.25, -0.2) is 4.79 Å². The molecule has 0 aliphatic heterocycles. The molecule has 2 unspecified atom stereocenters. The minimum atomic E-state index is -1.27. The van der Waals surface area contributed by atoms with Crippen LogP contribution in [-0.4, -0.2) is 73.1 Å². The number of carbonyl (C=O) groups is 4. The molecule has 3 N–H and O–H groups in total. The lowest BCUT2D eigenvalue weighted by molar-refractivity contribution is -0.131. The second-order valence-electron chi connectivity index (χ2n) is 7.54. The molecular weight excluding hydrogens is 378 g/mol. The molecular formula is C20H35N3O6. The minimum absolute atomic E-state index is 0.103. The Bertz CT molecular complexity index is 536. The second kappa shape index (κ2) is 13.9. The van der Waals surface area contributed by atoms with Gasteiger partial charge in [-0.2, -0.15) is 0 Å². The van der Waals surface area contributed by atoms with E-state index in [1.54, 1.807) is 7.05 Å². The molecule has 0 aromatic rings. The number of hydrogen-bond acceptors (Lipinski definition) is 5. The van der Waals surface area contributed by atoms with Crippen molar-refractivity contribution in [2.75, 3.05) is 26.8 Å². The van der Waals surface area contributed by atoms with Gasteiger partial charge >= 0.3 is 6.09 Å². The SMILES string of the molecule is CCOCCN(C)C(=O)CCC(C=O)NC(=O)C(CC1CCCCC1)NC(=O)O. The van der Waals surface area contributed by atoms with Crippen LogP contribution < -0.4 is 10.6 Å². The summed E-state index contributed by atoms with van der Waals surface area (Å²) in [5, 5.41) is 13.9. The highest BCUT2D eigenvalue weighted by atomic mass is 16.5. The summed E-state index contributed by atoms with van der Waals surface area (Å²) in [5.41, 5.74) is 0. The van der Waals surface area contributed by atoms with E-state index in [0.29, 0.717) is 38.4 Å². The summed E-state index contributed by atoms with van der Waals surface area (Å²) in [6.45, 7) is 3.35. The summed E-state index contributed by atoms with van der Waals surface area (Å²) >= 11 is 0. The monoisotopic (exact) mass is 413 g/mol. The summed E-state index contributed by atoms with van der Waals surface area (Å²) < 4.78 is 5.21. The molecule has 166 valence electrons. The summed E-state index contributed by atoms with van der Waals surface area (Å²) in [5.74, 6) is -0.373. The van der Waals surface area contributed by atoms with Crippen LogP contribution in [0.1, 0.15) is 58.3 Å². The van der Waals surface area contributed by atoms with Crippen LogP contribution in [0.3, 0.4) is 0 Å².